The Hall–Kier alpha value is -0.730. The molecule has 1 atom stereocenters. The maximum absolute atomic E-state index is 6.22. The minimum Gasteiger partial charge on any atom is -0.380 e. The molecular formula is C13H17ClN2. The lowest BCUT2D eigenvalue weighted by molar-refractivity contribution is 0.171. The number of nitrogens with zero attached hydrogens (tertiary/aromatic N) is 1. The molecule has 0 spiro atoms. The zero-order valence-electron chi connectivity index (χ0n) is 9.38. The van der Waals surface area contributed by atoms with E-state index in [0.717, 1.165) is 11.4 Å². The highest BCUT2D eigenvalue weighted by atomic mass is 35.5. The van der Waals surface area contributed by atoms with Crippen LogP contribution < -0.4 is 5.32 Å². The summed E-state index contributed by atoms with van der Waals surface area (Å²) in [6.07, 6.45) is 3.75. The number of hydrogen-bond acceptors (Lipinski definition) is 2. The third kappa shape index (κ3) is 1.92. The number of halogens is 1. The minimum absolute atomic E-state index is 0.577. The molecule has 86 valence electrons. The lowest BCUT2D eigenvalue weighted by atomic mass is 9.97. The number of benzene rings is 1. The lowest BCUT2D eigenvalue weighted by Crippen LogP contribution is -2.45. The van der Waals surface area contributed by atoms with Crippen LogP contribution in [0.2, 0.25) is 5.02 Å². The van der Waals surface area contributed by atoms with Crippen LogP contribution in [-0.4, -0.2) is 30.6 Å². The quantitative estimate of drug-likeness (QED) is 0.850. The van der Waals surface area contributed by atoms with E-state index >= 15 is 0 Å². The third-order valence-electron chi connectivity index (χ3n) is 3.64. The van der Waals surface area contributed by atoms with E-state index in [1.165, 1.54) is 43.7 Å². The first-order valence-electron chi connectivity index (χ1n) is 6.09. The largest absolute Gasteiger partial charge is 0.380 e. The van der Waals surface area contributed by atoms with Crippen molar-refractivity contribution in [2.45, 2.75) is 25.3 Å². The molecule has 3 rings (SSSR count). The zero-order valence-corrected chi connectivity index (χ0v) is 10.1. The molecule has 0 radical (unpaired) electrons. The third-order valence-corrected chi connectivity index (χ3v) is 3.95. The van der Waals surface area contributed by atoms with Gasteiger partial charge in [0.15, 0.2) is 0 Å². The van der Waals surface area contributed by atoms with Gasteiger partial charge < -0.3 is 10.2 Å². The van der Waals surface area contributed by atoms with Crippen molar-refractivity contribution in [1.29, 1.82) is 0 Å². The van der Waals surface area contributed by atoms with Crippen LogP contribution in [0.15, 0.2) is 18.2 Å². The van der Waals surface area contributed by atoms with Crippen LogP contribution in [-0.2, 0) is 6.42 Å². The molecule has 2 nitrogen and oxygen atoms in total. The van der Waals surface area contributed by atoms with E-state index < -0.39 is 0 Å². The fraction of sp³-hybridized carbons (Fsp3) is 0.538. The standard InChI is InChI=1S/C13H17ClN2/c14-12-4-1-3-10-5-6-11(15-13(10)12)9-16-7-2-8-16/h1,3-4,11,15H,2,5-9H2. The molecule has 0 saturated carbocycles. The monoisotopic (exact) mass is 236 g/mol. The first-order valence-corrected chi connectivity index (χ1v) is 6.47. The van der Waals surface area contributed by atoms with E-state index in [9.17, 15) is 0 Å². The predicted molar refractivity (Wildman–Crippen MR) is 68.2 cm³/mol. The molecule has 1 saturated heterocycles. The number of nitrogens with one attached hydrogen (secondary N) is 1. The number of likely N-dealkylation sites (tertiary alicyclic amines) is 1. The Morgan fingerprint density at radius 2 is 2.25 bits per heavy atom. The molecule has 1 fully saturated rings. The van der Waals surface area contributed by atoms with E-state index in [4.69, 9.17) is 11.6 Å². The van der Waals surface area contributed by atoms with Crippen molar-refractivity contribution in [3.8, 4) is 0 Å². The molecular weight excluding hydrogens is 220 g/mol. The summed E-state index contributed by atoms with van der Waals surface area (Å²) in [5.74, 6) is 0. The Morgan fingerprint density at radius 3 is 3.00 bits per heavy atom. The van der Waals surface area contributed by atoms with E-state index in [1.54, 1.807) is 0 Å². The summed E-state index contributed by atoms with van der Waals surface area (Å²) in [7, 11) is 0. The Bertz CT molecular complexity index is 388. The van der Waals surface area contributed by atoms with Crippen LogP contribution in [0.1, 0.15) is 18.4 Å². The maximum atomic E-state index is 6.22. The number of hydrogen-bond donors (Lipinski definition) is 1. The Kier molecular flexibility index (Phi) is 2.78. The number of anilines is 1. The Labute approximate surface area is 102 Å². The van der Waals surface area contributed by atoms with Crippen LogP contribution in [0.4, 0.5) is 5.69 Å². The van der Waals surface area contributed by atoms with Crippen molar-refractivity contribution in [3.05, 3.63) is 28.8 Å². The predicted octanol–water partition coefficient (Wildman–Crippen LogP) is 2.77. The molecule has 16 heavy (non-hydrogen) atoms. The van der Waals surface area contributed by atoms with Gasteiger partial charge in [0, 0.05) is 12.6 Å². The molecule has 0 aromatic heterocycles. The summed E-state index contributed by atoms with van der Waals surface area (Å²) in [5, 5.41) is 4.46. The van der Waals surface area contributed by atoms with E-state index in [-0.39, 0.29) is 0 Å². The van der Waals surface area contributed by atoms with Gasteiger partial charge in [0.25, 0.3) is 0 Å². The van der Waals surface area contributed by atoms with Gasteiger partial charge >= 0.3 is 0 Å². The second-order valence-corrected chi connectivity index (χ2v) is 5.22. The van der Waals surface area contributed by atoms with Crippen molar-refractivity contribution in [2.24, 2.45) is 0 Å². The van der Waals surface area contributed by atoms with E-state index in [1.807, 2.05) is 12.1 Å². The van der Waals surface area contributed by atoms with Gasteiger partial charge in [0.05, 0.1) is 10.7 Å². The molecule has 0 amide bonds. The van der Waals surface area contributed by atoms with Crippen molar-refractivity contribution >= 4 is 17.3 Å². The summed E-state index contributed by atoms with van der Waals surface area (Å²) in [4.78, 5) is 2.51. The second kappa shape index (κ2) is 4.27. The average molecular weight is 237 g/mol. The Balaban J connectivity index is 1.72. The van der Waals surface area contributed by atoms with Gasteiger partial charge in [-0.25, -0.2) is 0 Å². The van der Waals surface area contributed by atoms with Gasteiger partial charge in [0.1, 0.15) is 0 Å². The van der Waals surface area contributed by atoms with Gasteiger partial charge in [-0.15, -0.1) is 0 Å². The van der Waals surface area contributed by atoms with Crippen LogP contribution >= 0.6 is 11.6 Å². The van der Waals surface area contributed by atoms with Gasteiger partial charge in [-0.05, 0) is 44.0 Å². The smallest absolute Gasteiger partial charge is 0.0640 e. The maximum Gasteiger partial charge on any atom is 0.0640 e. The van der Waals surface area contributed by atoms with Crippen molar-refractivity contribution in [1.82, 2.24) is 4.90 Å². The van der Waals surface area contributed by atoms with Gasteiger partial charge in [-0.2, -0.15) is 0 Å². The van der Waals surface area contributed by atoms with Crippen molar-refractivity contribution in [2.75, 3.05) is 25.0 Å². The summed E-state index contributed by atoms with van der Waals surface area (Å²) in [5.41, 5.74) is 2.54. The minimum atomic E-state index is 0.577. The molecule has 1 aromatic rings. The fourth-order valence-electron chi connectivity index (χ4n) is 2.56. The molecule has 3 heteroatoms. The highest BCUT2D eigenvalue weighted by molar-refractivity contribution is 6.33. The molecule has 1 N–H and O–H groups in total. The Morgan fingerprint density at radius 1 is 1.38 bits per heavy atom. The number of aryl methyl sites for hydroxylation is 1. The van der Waals surface area contributed by atoms with Crippen LogP contribution in [0.5, 0.6) is 0 Å². The molecule has 2 aliphatic rings. The van der Waals surface area contributed by atoms with E-state index in [2.05, 4.69) is 16.3 Å². The average Bonchev–Trinajstić information content (AvgIpc) is 2.24. The number of para-hydroxylation sites is 1. The molecule has 2 aliphatic heterocycles. The first-order chi connectivity index (χ1) is 7.83. The number of rotatable bonds is 2. The summed E-state index contributed by atoms with van der Waals surface area (Å²) < 4.78 is 0. The second-order valence-electron chi connectivity index (χ2n) is 4.81. The van der Waals surface area contributed by atoms with Gasteiger partial charge in [-0.1, -0.05) is 23.7 Å². The molecule has 2 heterocycles. The molecule has 0 aliphatic carbocycles. The molecule has 1 aromatic carbocycles. The summed E-state index contributed by atoms with van der Waals surface area (Å²) in [6.45, 7) is 3.71. The SMILES string of the molecule is Clc1cccc2c1NC(CN1CCC1)CC2. The van der Waals surface area contributed by atoms with Gasteiger partial charge in [-0.3, -0.25) is 0 Å². The van der Waals surface area contributed by atoms with Crippen LogP contribution in [0, 0.1) is 0 Å². The highest BCUT2D eigenvalue weighted by Crippen LogP contribution is 2.32. The highest BCUT2D eigenvalue weighted by Gasteiger charge is 2.23. The summed E-state index contributed by atoms with van der Waals surface area (Å²) in [6, 6.07) is 6.76. The number of fused-ring (bicyclic) bond motifs is 1. The van der Waals surface area contributed by atoms with Crippen LogP contribution in [0.25, 0.3) is 0 Å². The first kappa shape index (κ1) is 10.4. The topological polar surface area (TPSA) is 15.3 Å². The molecule has 0 bridgehead atoms. The normalized spacial score (nSPS) is 24.4. The van der Waals surface area contributed by atoms with Crippen LogP contribution in [0.3, 0.4) is 0 Å². The fourth-order valence-corrected chi connectivity index (χ4v) is 2.81. The lowest BCUT2D eigenvalue weighted by Gasteiger charge is -2.37. The zero-order chi connectivity index (χ0) is 11.0. The van der Waals surface area contributed by atoms with Crippen molar-refractivity contribution in [3.63, 3.8) is 0 Å². The molecule has 1 unspecified atom stereocenters. The van der Waals surface area contributed by atoms with E-state index in [0.29, 0.717) is 6.04 Å². The summed E-state index contributed by atoms with van der Waals surface area (Å²) >= 11 is 6.22. The van der Waals surface area contributed by atoms with Crippen molar-refractivity contribution < 1.29 is 0 Å². The van der Waals surface area contributed by atoms with Gasteiger partial charge in [0.2, 0.25) is 0 Å².